The Morgan fingerprint density at radius 1 is 0.905 bits per heavy atom. The predicted molar refractivity (Wildman–Crippen MR) is 167 cm³/mol. The maximum absolute atomic E-state index is 14.2. The van der Waals surface area contributed by atoms with Crippen LogP contribution in [0.15, 0.2) is 84.9 Å². The van der Waals surface area contributed by atoms with Crippen LogP contribution in [0.2, 0.25) is 0 Å². The zero-order valence-electron chi connectivity index (χ0n) is 23.7. The number of nitrogens with two attached hydrogens (primary N) is 1. The third-order valence-corrected chi connectivity index (χ3v) is 7.50. The SMILES string of the molecule is CC(=O)c1ccc(C(=O)N2CC(NC(=O)C(C)N)C(=O)N(Cc3c(C)ccc4ccccc34)c3ccccc32)cc1.Cl. The molecule has 0 saturated heterocycles. The Labute approximate surface area is 250 Å². The van der Waals surface area contributed by atoms with Crippen LogP contribution in [0.3, 0.4) is 0 Å². The lowest BCUT2D eigenvalue weighted by Crippen LogP contribution is -2.55. The Bertz CT molecular complexity index is 1670. The molecule has 0 saturated carbocycles. The van der Waals surface area contributed by atoms with Crippen molar-refractivity contribution in [3.05, 3.63) is 107 Å². The van der Waals surface area contributed by atoms with E-state index in [1.54, 1.807) is 42.2 Å². The molecule has 1 aliphatic rings. The number of ketones is 1. The lowest BCUT2D eigenvalue weighted by molar-refractivity contribution is -0.127. The first-order valence-electron chi connectivity index (χ1n) is 13.5. The minimum Gasteiger partial charge on any atom is -0.341 e. The second kappa shape index (κ2) is 12.5. The van der Waals surface area contributed by atoms with E-state index in [4.69, 9.17) is 5.73 Å². The molecule has 0 fully saturated rings. The van der Waals surface area contributed by atoms with E-state index in [1.807, 2.05) is 55.5 Å². The minimum atomic E-state index is -1.04. The lowest BCUT2D eigenvalue weighted by atomic mass is 9.99. The molecule has 4 aromatic carbocycles. The van der Waals surface area contributed by atoms with Gasteiger partial charge in [0.05, 0.1) is 30.5 Å². The highest BCUT2D eigenvalue weighted by Gasteiger charge is 2.37. The van der Waals surface area contributed by atoms with E-state index in [9.17, 15) is 19.2 Å². The molecule has 0 bridgehead atoms. The molecule has 3 amide bonds. The Balaban J connectivity index is 0.00000405. The average molecular weight is 585 g/mol. The molecule has 1 heterocycles. The quantitative estimate of drug-likeness (QED) is 0.316. The summed E-state index contributed by atoms with van der Waals surface area (Å²) in [5, 5.41) is 4.85. The van der Waals surface area contributed by atoms with Crippen molar-refractivity contribution in [2.75, 3.05) is 16.3 Å². The van der Waals surface area contributed by atoms with Crippen molar-refractivity contribution in [1.82, 2.24) is 5.32 Å². The number of Topliss-reactive ketones (excluding diaryl/α,β-unsaturated/α-hetero) is 1. The monoisotopic (exact) mass is 584 g/mol. The number of amides is 3. The van der Waals surface area contributed by atoms with Crippen molar-refractivity contribution in [3.63, 3.8) is 0 Å². The fourth-order valence-corrected chi connectivity index (χ4v) is 5.17. The number of carbonyl (C=O) groups is 4. The zero-order valence-corrected chi connectivity index (χ0v) is 24.5. The summed E-state index contributed by atoms with van der Waals surface area (Å²) < 4.78 is 0. The number of benzene rings is 4. The van der Waals surface area contributed by atoms with Gasteiger partial charge in [-0.3, -0.25) is 19.2 Å². The number of aryl methyl sites for hydroxylation is 1. The summed E-state index contributed by atoms with van der Waals surface area (Å²) in [4.78, 5) is 55.8. The van der Waals surface area contributed by atoms with E-state index in [0.29, 0.717) is 22.5 Å². The minimum absolute atomic E-state index is 0. The number of anilines is 2. The summed E-state index contributed by atoms with van der Waals surface area (Å²) in [6.07, 6.45) is 0. The maximum Gasteiger partial charge on any atom is 0.258 e. The van der Waals surface area contributed by atoms with Crippen LogP contribution in [0.5, 0.6) is 0 Å². The van der Waals surface area contributed by atoms with Gasteiger partial charge in [-0.25, -0.2) is 0 Å². The summed E-state index contributed by atoms with van der Waals surface area (Å²) >= 11 is 0. The van der Waals surface area contributed by atoms with Gasteiger partial charge in [-0.05, 0) is 66.9 Å². The van der Waals surface area contributed by atoms with E-state index in [2.05, 4.69) is 11.4 Å². The first-order chi connectivity index (χ1) is 19.7. The van der Waals surface area contributed by atoms with Crippen LogP contribution in [0.1, 0.15) is 45.7 Å². The molecule has 0 radical (unpaired) electrons. The van der Waals surface area contributed by atoms with Crippen LogP contribution in [-0.4, -0.2) is 42.1 Å². The molecule has 9 heteroatoms. The van der Waals surface area contributed by atoms with Crippen LogP contribution in [0.4, 0.5) is 11.4 Å². The second-order valence-electron chi connectivity index (χ2n) is 10.4. The number of hydrogen-bond acceptors (Lipinski definition) is 5. The molecule has 8 nitrogen and oxygen atoms in total. The number of carbonyl (C=O) groups excluding carboxylic acids is 4. The maximum atomic E-state index is 14.2. The number of halogens is 1. The third kappa shape index (κ3) is 5.91. The molecule has 0 spiro atoms. The van der Waals surface area contributed by atoms with Gasteiger partial charge in [0.25, 0.3) is 11.8 Å². The van der Waals surface area contributed by atoms with Crippen LogP contribution >= 0.6 is 12.4 Å². The number of nitrogens with zero attached hydrogens (tertiary/aromatic N) is 2. The van der Waals surface area contributed by atoms with E-state index in [0.717, 1.165) is 21.9 Å². The van der Waals surface area contributed by atoms with Gasteiger partial charge in [0.1, 0.15) is 6.04 Å². The van der Waals surface area contributed by atoms with Gasteiger partial charge in [0.15, 0.2) is 5.78 Å². The first-order valence-corrected chi connectivity index (χ1v) is 13.5. The van der Waals surface area contributed by atoms with Crippen molar-refractivity contribution in [2.45, 2.75) is 39.4 Å². The molecule has 2 atom stereocenters. The topological polar surface area (TPSA) is 113 Å². The van der Waals surface area contributed by atoms with Crippen molar-refractivity contribution in [3.8, 4) is 0 Å². The number of rotatable bonds is 6. The molecule has 2 unspecified atom stereocenters. The largest absolute Gasteiger partial charge is 0.341 e. The molecule has 216 valence electrons. The molecule has 0 aliphatic carbocycles. The van der Waals surface area contributed by atoms with Crippen molar-refractivity contribution < 1.29 is 19.2 Å². The summed E-state index contributed by atoms with van der Waals surface area (Å²) in [6.45, 7) is 5.16. The summed E-state index contributed by atoms with van der Waals surface area (Å²) in [5.74, 6) is -1.30. The number of fused-ring (bicyclic) bond motifs is 2. The van der Waals surface area contributed by atoms with Gasteiger partial charge in [0, 0.05) is 11.1 Å². The van der Waals surface area contributed by atoms with Gasteiger partial charge in [-0.2, -0.15) is 0 Å². The Hall–Kier alpha value is -4.53. The van der Waals surface area contributed by atoms with Gasteiger partial charge < -0.3 is 20.9 Å². The normalized spacial score (nSPS) is 15.3. The van der Waals surface area contributed by atoms with E-state index >= 15 is 0 Å². The molecule has 0 aromatic heterocycles. The number of para-hydroxylation sites is 2. The summed E-state index contributed by atoms with van der Waals surface area (Å²) in [6, 6.07) is 23.8. The van der Waals surface area contributed by atoms with Crippen molar-refractivity contribution in [2.24, 2.45) is 5.73 Å². The highest BCUT2D eigenvalue weighted by Crippen LogP contribution is 2.36. The Morgan fingerprint density at radius 2 is 1.52 bits per heavy atom. The number of hydrogen-bond donors (Lipinski definition) is 2. The molecule has 5 rings (SSSR count). The predicted octanol–water partition coefficient (Wildman–Crippen LogP) is 4.80. The molecule has 4 aromatic rings. The van der Waals surface area contributed by atoms with Gasteiger partial charge in [-0.1, -0.05) is 60.7 Å². The standard InChI is InChI=1S/C33H32N4O4.ClH/c1-20-12-13-24-8-4-5-9-26(24)27(20)18-36-29-10-6-7-11-30(29)37(19-28(33(36)41)35-31(39)21(2)34)32(40)25-16-14-23(15-17-25)22(3)38;/h4-17,21,28H,18-19,34H2,1-3H3,(H,35,39);1H. The first kappa shape index (κ1) is 30.4. The van der Waals surface area contributed by atoms with Crippen LogP contribution in [0.25, 0.3) is 10.8 Å². The highest BCUT2D eigenvalue weighted by atomic mass is 35.5. The van der Waals surface area contributed by atoms with E-state index in [-0.39, 0.29) is 43.1 Å². The average Bonchev–Trinajstić information content (AvgIpc) is 3.08. The molecular formula is C33H33ClN4O4. The van der Waals surface area contributed by atoms with Crippen molar-refractivity contribution in [1.29, 1.82) is 0 Å². The summed E-state index contributed by atoms with van der Waals surface area (Å²) in [7, 11) is 0. The molecular weight excluding hydrogens is 552 g/mol. The second-order valence-corrected chi connectivity index (χ2v) is 10.4. The summed E-state index contributed by atoms with van der Waals surface area (Å²) in [5.41, 5.74) is 9.78. The smallest absolute Gasteiger partial charge is 0.258 e. The van der Waals surface area contributed by atoms with E-state index in [1.165, 1.54) is 11.8 Å². The van der Waals surface area contributed by atoms with Crippen molar-refractivity contribution >= 4 is 58.1 Å². The van der Waals surface area contributed by atoms with Crippen LogP contribution in [0, 0.1) is 6.92 Å². The lowest BCUT2D eigenvalue weighted by Gasteiger charge is -2.27. The van der Waals surface area contributed by atoms with Gasteiger partial charge >= 0.3 is 0 Å². The fraction of sp³-hybridized carbons (Fsp3) is 0.212. The van der Waals surface area contributed by atoms with E-state index < -0.39 is 18.0 Å². The molecule has 3 N–H and O–H groups in total. The van der Waals surface area contributed by atoms with Gasteiger partial charge in [0.2, 0.25) is 5.91 Å². The molecule has 42 heavy (non-hydrogen) atoms. The van der Waals surface area contributed by atoms with Crippen LogP contribution < -0.4 is 20.9 Å². The van der Waals surface area contributed by atoms with Crippen LogP contribution in [-0.2, 0) is 16.1 Å². The Morgan fingerprint density at radius 3 is 2.19 bits per heavy atom. The fourth-order valence-electron chi connectivity index (χ4n) is 5.17. The molecule has 1 aliphatic heterocycles. The zero-order chi connectivity index (χ0) is 29.3. The Kier molecular flexibility index (Phi) is 9.09. The third-order valence-electron chi connectivity index (χ3n) is 7.50. The van der Waals surface area contributed by atoms with Gasteiger partial charge in [-0.15, -0.1) is 12.4 Å². The highest BCUT2D eigenvalue weighted by molar-refractivity contribution is 6.13. The number of nitrogens with one attached hydrogen (secondary N) is 1.